The molecule has 0 aliphatic heterocycles. The molecule has 0 atom stereocenters. The number of nitrogens with zero attached hydrogens (tertiary/aromatic N) is 2. The molecule has 2 aromatic rings. The number of nitrogens with one attached hydrogen (secondary N) is 1. The van der Waals surface area contributed by atoms with E-state index in [2.05, 4.69) is 10.3 Å². The number of carbonyl (C=O) groups excluding carboxylic acids is 2. The van der Waals surface area contributed by atoms with Gasteiger partial charge in [0.15, 0.2) is 23.2 Å². The van der Waals surface area contributed by atoms with Crippen LogP contribution in [0.15, 0.2) is 24.4 Å². The minimum absolute atomic E-state index is 0.0340. The molecule has 0 saturated heterocycles. The van der Waals surface area contributed by atoms with Crippen LogP contribution in [0.2, 0.25) is 0 Å². The van der Waals surface area contributed by atoms with E-state index in [1.165, 1.54) is 20.3 Å². The molecule has 1 aromatic heterocycles. The van der Waals surface area contributed by atoms with Crippen molar-refractivity contribution in [3.63, 3.8) is 0 Å². The zero-order valence-corrected chi connectivity index (χ0v) is 14.0. The number of carbonyl (C=O) groups is 2. The van der Waals surface area contributed by atoms with Gasteiger partial charge in [-0.05, 0) is 23.5 Å². The first-order valence-corrected chi connectivity index (χ1v) is 7.56. The van der Waals surface area contributed by atoms with Crippen molar-refractivity contribution in [1.29, 1.82) is 0 Å². The van der Waals surface area contributed by atoms with Gasteiger partial charge in [0.2, 0.25) is 0 Å². The summed E-state index contributed by atoms with van der Waals surface area (Å²) in [6.45, 7) is -0.591. The average Bonchev–Trinajstić information content (AvgIpc) is 3.07. The number of methoxy groups -OCH3 is 2. The third kappa shape index (κ3) is 4.41. The number of para-hydroxylation sites is 1. The molecule has 0 unspecified atom stereocenters. The van der Waals surface area contributed by atoms with Gasteiger partial charge in [-0.15, -0.1) is 0 Å². The number of rotatable bonds is 7. The maximum atomic E-state index is 12.1. The lowest BCUT2D eigenvalue weighted by Crippen LogP contribution is -2.21. The molecule has 2 rings (SSSR count). The number of thiazole rings is 1. The lowest BCUT2D eigenvalue weighted by atomic mass is 10.2. The van der Waals surface area contributed by atoms with Gasteiger partial charge in [0.25, 0.3) is 5.91 Å². The minimum atomic E-state index is -0.781. The maximum Gasteiger partial charge on any atom is 0.345 e. The Bertz CT molecular complexity index is 805. The number of benzene rings is 1. The van der Waals surface area contributed by atoms with Crippen molar-refractivity contribution in [3.8, 4) is 11.5 Å². The van der Waals surface area contributed by atoms with E-state index >= 15 is 0 Å². The number of ether oxygens (including phenoxy) is 3. The molecular weight excluding hydrogens is 354 g/mol. The molecule has 0 bridgehead atoms. The van der Waals surface area contributed by atoms with E-state index in [1.54, 1.807) is 12.1 Å². The molecule has 0 aliphatic rings. The first-order valence-electron chi connectivity index (χ1n) is 6.74. The summed E-state index contributed by atoms with van der Waals surface area (Å²) in [5.74, 6) is -0.932. The Labute approximate surface area is 145 Å². The molecule has 0 saturated carbocycles. The van der Waals surface area contributed by atoms with E-state index < -0.39 is 23.4 Å². The van der Waals surface area contributed by atoms with Crippen LogP contribution >= 0.6 is 11.3 Å². The summed E-state index contributed by atoms with van der Waals surface area (Å²) in [7, 11) is 2.80. The van der Waals surface area contributed by atoms with Crippen LogP contribution < -0.4 is 14.8 Å². The fourth-order valence-corrected chi connectivity index (χ4v) is 2.47. The van der Waals surface area contributed by atoms with E-state index in [1.807, 2.05) is 0 Å². The average molecular weight is 367 g/mol. The zero-order chi connectivity index (χ0) is 18.4. The van der Waals surface area contributed by atoms with Crippen molar-refractivity contribution < 1.29 is 28.7 Å². The lowest BCUT2D eigenvalue weighted by Gasteiger charge is -2.11. The second kappa shape index (κ2) is 8.06. The van der Waals surface area contributed by atoms with Crippen LogP contribution in [-0.4, -0.2) is 42.6 Å². The molecule has 0 fully saturated rings. The number of hydrogen-bond donors (Lipinski definition) is 1. The molecule has 132 valence electrons. The van der Waals surface area contributed by atoms with E-state index in [0.717, 1.165) is 6.20 Å². The Morgan fingerprint density at radius 3 is 2.68 bits per heavy atom. The van der Waals surface area contributed by atoms with Gasteiger partial charge in [0.1, 0.15) is 11.8 Å². The van der Waals surface area contributed by atoms with Crippen molar-refractivity contribution in [2.24, 2.45) is 0 Å². The smallest absolute Gasteiger partial charge is 0.345 e. The Hall–Kier alpha value is -3.21. The van der Waals surface area contributed by atoms with Gasteiger partial charge in [-0.25, -0.2) is 9.78 Å². The molecule has 0 spiro atoms. The van der Waals surface area contributed by atoms with Gasteiger partial charge in [-0.2, -0.15) is 0 Å². The monoisotopic (exact) mass is 367 g/mol. The normalized spacial score (nSPS) is 10.0. The van der Waals surface area contributed by atoms with Gasteiger partial charge < -0.3 is 14.2 Å². The summed E-state index contributed by atoms with van der Waals surface area (Å²) in [5, 5.41) is 12.7. The Kier molecular flexibility index (Phi) is 5.84. The second-order valence-corrected chi connectivity index (χ2v) is 5.44. The third-order valence-corrected chi connectivity index (χ3v) is 3.74. The van der Waals surface area contributed by atoms with Crippen LogP contribution in [0.4, 0.5) is 10.1 Å². The first-order chi connectivity index (χ1) is 12.0. The SMILES string of the molecule is COc1cccc(C(=O)OCC(=O)Nc2ncc([N+](=O)[O-])s2)c1OC. The van der Waals surface area contributed by atoms with Crippen molar-refractivity contribution >= 4 is 33.3 Å². The Morgan fingerprint density at radius 2 is 2.08 bits per heavy atom. The second-order valence-electron chi connectivity index (χ2n) is 4.43. The summed E-state index contributed by atoms with van der Waals surface area (Å²) in [6, 6.07) is 4.65. The molecule has 0 radical (unpaired) electrons. The fraction of sp³-hybridized carbons (Fsp3) is 0.214. The third-order valence-electron chi connectivity index (χ3n) is 2.88. The van der Waals surface area contributed by atoms with E-state index in [0.29, 0.717) is 17.1 Å². The van der Waals surface area contributed by atoms with Gasteiger partial charge >= 0.3 is 11.0 Å². The number of aromatic nitrogens is 1. The summed E-state index contributed by atoms with van der Waals surface area (Å²) >= 11 is 0.692. The molecule has 0 aliphatic carbocycles. The number of amides is 1. The molecule has 11 heteroatoms. The van der Waals surface area contributed by atoms with Crippen LogP contribution in [0.5, 0.6) is 11.5 Å². The van der Waals surface area contributed by atoms with E-state index in [9.17, 15) is 19.7 Å². The van der Waals surface area contributed by atoms with Crippen molar-refractivity contribution in [2.75, 3.05) is 26.1 Å². The largest absolute Gasteiger partial charge is 0.493 e. The van der Waals surface area contributed by atoms with Crippen LogP contribution in [-0.2, 0) is 9.53 Å². The number of esters is 1. The molecule has 1 heterocycles. The standard InChI is InChI=1S/C14H13N3O7S/c1-22-9-5-3-4-8(12(9)23-2)13(19)24-7-10(18)16-14-15-6-11(25-14)17(20)21/h3-6H,7H2,1-2H3,(H,15,16,18). The van der Waals surface area contributed by atoms with Crippen LogP contribution in [0.1, 0.15) is 10.4 Å². The highest BCUT2D eigenvalue weighted by atomic mass is 32.1. The van der Waals surface area contributed by atoms with Gasteiger partial charge in [0, 0.05) is 0 Å². The first kappa shape index (κ1) is 18.1. The van der Waals surface area contributed by atoms with Crippen LogP contribution in [0, 0.1) is 10.1 Å². The predicted octanol–water partition coefficient (Wildman–Crippen LogP) is 1.86. The van der Waals surface area contributed by atoms with E-state index in [4.69, 9.17) is 14.2 Å². The highest BCUT2D eigenvalue weighted by molar-refractivity contribution is 7.18. The summed E-state index contributed by atoms with van der Waals surface area (Å²) in [5.41, 5.74) is 0.0968. The topological polar surface area (TPSA) is 130 Å². The van der Waals surface area contributed by atoms with Crippen molar-refractivity contribution in [3.05, 3.63) is 40.1 Å². The number of hydrogen-bond acceptors (Lipinski definition) is 9. The Morgan fingerprint density at radius 1 is 1.32 bits per heavy atom. The van der Waals surface area contributed by atoms with Gasteiger partial charge in [-0.1, -0.05) is 6.07 Å². The van der Waals surface area contributed by atoms with E-state index in [-0.39, 0.29) is 21.4 Å². The molecule has 1 amide bonds. The van der Waals surface area contributed by atoms with Crippen molar-refractivity contribution in [2.45, 2.75) is 0 Å². The quantitative estimate of drug-likeness (QED) is 0.446. The minimum Gasteiger partial charge on any atom is -0.493 e. The molecule has 1 N–H and O–H groups in total. The number of anilines is 1. The highest BCUT2D eigenvalue weighted by Gasteiger charge is 2.19. The van der Waals surface area contributed by atoms with Gasteiger partial charge in [-0.3, -0.25) is 20.2 Å². The summed E-state index contributed by atoms with van der Waals surface area (Å²) in [6.07, 6.45) is 1.02. The summed E-state index contributed by atoms with van der Waals surface area (Å²) in [4.78, 5) is 37.5. The molecule has 1 aromatic carbocycles. The molecule has 10 nitrogen and oxygen atoms in total. The molecule has 25 heavy (non-hydrogen) atoms. The lowest BCUT2D eigenvalue weighted by molar-refractivity contribution is -0.380. The zero-order valence-electron chi connectivity index (χ0n) is 13.2. The highest BCUT2D eigenvalue weighted by Crippen LogP contribution is 2.31. The van der Waals surface area contributed by atoms with Crippen molar-refractivity contribution in [1.82, 2.24) is 4.98 Å². The summed E-state index contributed by atoms with van der Waals surface area (Å²) < 4.78 is 15.1. The molecular formula is C14H13N3O7S. The predicted molar refractivity (Wildman–Crippen MR) is 87.2 cm³/mol. The fourth-order valence-electron chi connectivity index (χ4n) is 1.82. The maximum absolute atomic E-state index is 12.1. The van der Waals surface area contributed by atoms with Crippen LogP contribution in [0.25, 0.3) is 0 Å². The van der Waals surface area contributed by atoms with Gasteiger partial charge in [0.05, 0.1) is 19.1 Å². The van der Waals surface area contributed by atoms with Crippen LogP contribution in [0.3, 0.4) is 0 Å². The Balaban J connectivity index is 1.97. The number of nitro groups is 1.